The van der Waals surface area contributed by atoms with Gasteiger partial charge in [-0.15, -0.1) is 0 Å². The van der Waals surface area contributed by atoms with Crippen LogP contribution in [0.15, 0.2) is 18.2 Å². The SMILES string of the molecule is CCCC(CCC)c1ccc(C(=O)OC)c(C(F)(F)F)c1. The van der Waals surface area contributed by atoms with Crippen LogP contribution in [0.5, 0.6) is 0 Å². The molecule has 0 radical (unpaired) electrons. The lowest BCUT2D eigenvalue weighted by Crippen LogP contribution is -2.15. The van der Waals surface area contributed by atoms with E-state index in [4.69, 9.17) is 0 Å². The van der Waals surface area contributed by atoms with Crippen molar-refractivity contribution in [3.63, 3.8) is 0 Å². The van der Waals surface area contributed by atoms with Crippen LogP contribution in [-0.4, -0.2) is 13.1 Å². The number of benzene rings is 1. The van der Waals surface area contributed by atoms with Gasteiger partial charge in [-0.3, -0.25) is 0 Å². The molecular formula is C16H21F3O2. The average Bonchev–Trinajstić information content (AvgIpc) is 2.44. The molecule has 1 aromatic carbocycles. The van der Waals surface area contributed by atoms with Crippen molar-refractivity contribution in [2.24, 2.45) is 0 Å². The number of methoxy groups -OCH3 is 1. The molecule has 0 N–H and O–H groups in total. The lowest BCUT2D eigenvalue weighted by molar-refractivity contribution is -0.138. The summed E-state index contributed by atoms with van der Waals surface area (Å²) in [5.74, 6) is -0.871. The molecule has 0 saturated heterocycles. The first kappa shape index (κ1) is 17.5. The summed E-state index contributed by atoms with van der Waals surface area (Å²) in [5.41, 5.74) is -0.705. The maximum absolute atomic E-state index is 13.2. The van der Waals surface area contributed by atoms with Gasteiger partial charge in [-0.05, 0) is 36.5 Å². The number of esters is 1. The standard InChI is InChI=1S/C16H21F3O2/c1-4-6-11(7-5-2)12-8-9-13(15(20)21-3)14(10-12)16(17,18)19/h8-11H,4-7H2,1-3H3. The molecule has 118 valence electrons. The molecular weight excluding hydrogens is 281 g/mol. The Labute approximate surface area is 123 Å². The minimum absolute atomic E-state index is 0.0906. The van der Waals surface area contributed by atoms with Crippen LogP contribution < -0.4 is 0 Å². The van der Waals surface area contributed by atoms with E-state index in [-0.39, 0.29) is 5.92 Å². The lowest BCUT2D eigenvalue weighted by Gasteiger charge is -2.19. The fourth-order valence-electron chi connectivity index (χ4n) is 2.51. The Balaban J connectivity index is 3.29. The summed E-state index contributed by atoms with van der Waals surface area (Å²) in [7, 11) is 1.08. The molecule has 0 aromatic heterocycles. The molecule has 0 spiro atoms. The number of ether oxygens (including phenoxy) is 1. The van der Waals surface area contributed by atoms with E-state index in [1.807, 2.05) is 13.8 Å². The smallest absolute Gasteiger partial charge is 0.417 e. The van der Waals surface area contributed by atoms with Crippen LogP contribution in [0.2, 0.25) is 0 Å². The molecule has 0 unspecified atom stereocenters. The van der Waals surface area contributed by atoms with Gasteiger partial charge in [0.15, 0.2) is 0 Å². The van der Waals surface area contributed by atoms with Crippen LogP contribution in [0, 0.1) is 0 Å². The van der Waals surface area contributed by atoms with Crippen molar-refractivity contribution in [3.8, 4) is 0 Å². The van der Waals surface area contributed by atoms with Crippen molar-refractivity contribution in [1.82, 2.24) is 0 Å². The van der Waals surface area contributed by atoms with Gasteiger partial charge in [0.2, 0.25) is 0 Å². The summed E-state index contributed by atoms with van der Waals surface area (Å²) in [5, 5.41) is 0. The van der Waals surface area contributed by atoms with Crippen molar-refractivity contribution in [1.29, 1.82) is 0 Å². The second kappa shape index (κ2) is 7.48. The zero-order valence-corrected chi connectivity index (χ0v) is 12.6. The molecule has 0 atom stereocenters. The highest BCUT2D eigenvalue weighted by atomic mass is 19.4. The van der Waals surface area contributed by atoms with Gasteiger partial charge in [0.05, 0.1) is 18.2 Å². The van der Waals surface area contributed by atoms with E-state index in [9.17, 15) is 18.0 Å². The molecule has 1 rings (SSSR count). The first-order valence-electron chi connectivity index (χ1n) is 7.14. The Kier molecular flexibility index (Phi) is 6.24. The second-order valence-electron chi connectivity index (χ2n) is 5.07. The number of rotatable bonds is 6. The largest absolute Gasteiger partial charge is 0.465 e. The predicted octanol–water partition coefficient (Wildman–Crippen LogP) is 5.18. The Bertz CT molecular complexity index is 475. The molecule has 0 fully saturated rings. The minimum atomic E-state index is -4.57. The second-order valence-corrected chi connectivity index (χ2v) is 5.07. The summed E-state index contributed by atoms with van der Waals surface area (Å²) in [6.07, 6.45) is -1.08. The average molecular weight is 302 g/mol. The van der Waals surface area contributed by atoms with Gasteiger partial charge < -0.3 is 4.74 Å². The molecule has 0 aliphatic carbocycles. The molecule has 0 amide bonds. The Morgan fingerprint density at radius 2 is 1.76 bits per heavy atom. The highest BCUT2D eigenvalue weighted by molar-refractivity contribution is 5.91. The molecule has 0 aliphatic rings. The molecule has 5 heteroatoms. The fraction of sp³-hybridized carbons (Fsp3) is 0.562. The van der Waals surface area contributed by atoms with Gasteiger partial charge >= 0.3 is 12.1 Å². The zero-order chi connectivity index (χ0) is 16.0. The fourth-order valence-corrected chi connectivity index (χ4v) is 2.51. The van der Waals surface area contributed by atoms with Crippen LogP contribution in [0.4, 0.5) is 13.2 Å². The van der Waals surface area contributed by atoms with Gasteiger partial charge in [-0.2, -0.15) is 13.2 Å². The summed E-state index contributed by atoms with van der Waals surface area (Å²) in [6.45, 7) is 4.02. The zero-order valence-electron chi connectivity index (χ0n) is 12.6. The molecule has 0 saturated carbocycles. The van der Waals surface area contributed by atoms with E-state index in [0.717, 1.165) is 38.9 Å². The first-order valence-corrected chi connectivity index (χ1v) is 7.14. The van der Waals surface area contributed by atoms with Gasteiger partial charge in [-0.1, -0.05) is 32.8 Å². The van der Waals surface area contributed by atoms with E-state index in [1.54, 1.807) is 6.07 Å². The van der Waals surface area contributed by atoms with Crippen molar-refractivity contribution in [2.75, 3.05) is 7.11 Å². The van der Waals surface area contributed by atoms with E-state index in [1.165, 1.54) is 6.07 Å². The number of hydrogen-bond donors (Lipinski definition) is 0. The number of hydrogen-bond acceptors (Lipinski definition) is 2. The summed E-state index contributed by atoms with van der Waals surface area (Å²) in [6, 6.07) is 3.93. The molecule has 0 bridgehead atoms. The predicted molar refractivity (Wildman–Crippen MR) is 75.3 cm³/mol. The normalized spacial score (nSPS) is 11.8. The Morgan fingerprint density at radius 3 is 2.19 bits per heavy atom. The van der Waals surface area contributed by atoms with Gasteiger partial charge in [-0.25, -0.2) is 4.79 Å². The minimum Gasteiger partial charge on any atom is -0.465 e. The number of alkyl halides is 3. The van der Waals surface area contributed by atoms with Crippen molar-refractivity contribution >= 4 is 5.97 Å². The summed E-state index contributed by atoms with van der Waals surface area (Å²) >= 11 is 0. The quantitative estimate of drug-likeness (QED) is 0.677. The van der Waals surface area contributed by atoms with Crippen LogP contribution in [0.1, 0.15) is 66.9 Å². The Morgan fingerprint density at radius 1 is 1.19 bits per heavy atom. The number of carbonyl (C=O) groups excluding carboxylic acids is 1. The summed E-state index contributed by atoms with van der Waals surface area (Å²) in [4.78, 5) is 11.5. The maximum Gasteiger partial charge on any atom is 0.417 e. The first-order chi connectivity index (χ1) is 9.85. The number of halogens is 3. The Hall–Kier alpha value is -1.52. The van der Waals surface area contributed by atoms with Crippen molar-refractivity contribution in [2.45, 2.75) is 51.6 Å². The topological polar surface area (TPSA) is 26.3 Å². The molecule has 0 heterocycles. The number of carbonyl (C=O) groups is 1. The van der Waals surface area contributed by atoms with Crippen LogP contribution >= 0.6 is 0 Å². The van der Waals surface area contributed by atoms with Gasteiger partial charge in [0.25, 0.3) is 0 Å². The third kappa shape index (κ3) is 4.48. The van der Waals surface area contributed by atoms with Crippen LogP contribution in [-0.2, 0) is 10.9 Å². The van der Waals surface area contributed by atoms with E-state index in [2.05, 4.69) is 4.74 Å². The highest BCUT2D eigenvalue weighted by Crippen LogP contribution is 2.36. The van der Waals surface area contributed by atoms with E-state index >= 15 is 0 Å². The maximum atomic E-state index is 13.2. The lowest BCUT2D eigenvalue weighted by atomic mass is 9.88. The highest BCUT2D eigenvalue weighted by Gasteiger charge is 2.36. The summed E-state index contributed by atoms with van der Waals surface area (Å²) < 4.78 is 43.9. The monoisotopic (exact) mass is 302 g/mol. The molecule has 1 aromatic rings. The van der Waals surface area contributed by atoms with E-state index in [0.29, 0.717) is 5.56 Å². The van der Waals surface area contributed by atoms with E-state index < -0.39 is 23.3 Å². The van der Waals surface area contributed by atoms with Crippen molar-refractivity contribution < 1.29 is 22.7 Å². The van der Waals surface area contributed by atoms with Crippen LogP contribution in [0.3, 0.4) is 0 Å². The van der Waals surface area contributed by atoms with Crippen molar-refractivity contribution in [3.05, 3.63) is 34.9 Å². The molecule has 2 nitrogen and oxygen atoms in total. The van der Waals surface area contributed by atoms with Crippen LogP contribution in [0.25, 0.3) is 0 Å². The van der Waals surface area contributed by atoms with Gasteiger partial charge in [0, 0.05) is 0 Å². The third-order valence-electron chi connectivity index (χ3n) is 3.50. The van der Waals surface area contributed by atoms with Gasteiger partial charge in [0.1, 0.15) is 0 Å². The molecule has 0 aliphatic heterocycles. The third-order valence-corrected chi connectivity index (χ3v) is 3.50. The molecule has 21 heavy (non-hydrogen) atoms.